The van der Waals surface area contributed by atoms with Crippen LogP contribution in [0.4, 0.5) is 19.0 Å². The fraction of sp³-hybridized carbons (Fsp3) is 0.533. The maximum absolute atomic E-state index is 12.7. The van der Waals surface area contributed by atoms with E-state index >= 15 is 0 Å². The summed E-state index contributed by atoms with van der Waals surface area (Å²) in [4.78, 5) is 10.6. The predicted molar refractivity (Wildman–Crippen MR) is 81.0 cm³/mol. The summed E-state index contributed by atoms with van der Waals surface area (Å²) in [6.45, 7) is 3.24. The molecule has 9 heteroatoms. The Balaban J connectivity index is 1.68. The SMILES string of the molecule is COc1nc(C)cc(N2CCC(n3ccc(C(F)(F)F)n3)CC2)n1. The van der Waals surface area contributed by atoms with Gasteiger partial charge in [-0.15, -0.1) is 0 Å². The van der Waals surface area contributed by atoms with Gasteiger partial charge in [0.1, 0.15) is 5.82 Å². The summed E-state index contributed by atoms with van der Waals surface area (Å²) in [5.41, 5.74) is -0.0399. The van der Waals surface area contributed by atoms with Crippen LogP contribution >= 0.6 is 0 Å². The third-order valence-corrected chi connectivity index (χ3v) is 4.06. The Morgan fingerprint density at radius 3 is 2.50 bits per heavy atom. The monoisotopic (exact) mass is 341 g/mol. The number of methoxy groups -OCH3 is 1. The van der Waals surface area contributed by atoms with E-state index in [4.69, 9.17) is 4.74 Å². The van der Waals surface area contributed by atoms with Crippen molar-refractivity contribution in [2.24, 2.45) is 0 Å². The van der Waals surface area contributed by atoms with Gasteiger partial charge in [-0.05, 0) is 25.8 Å². The van der Waals surface area contributed by atoms with Gasteiger partial charge in [0.05, 0.1) is 13.2 Å². The van der Waals surface area contributed by atoms with Crippen LogP contribution in [-0.4, -0.2) is 39.9 Å². The molecule has 2 aromatic heterocycles. The van der Waals surface area contributed by atoms with Crippen molar-refractivity contribution in [3.63, 3.8) is 0 Å². The summed E-state index contributed by atoms with van der Waals surface area (Å²) >= 11 is 0. The molecule has 0 saturated carbocycles. The third-order valence-electron chi connectivity index (χ3n) is 4.06. The molecular formula is C15H18F3N5O. The van der Waals surface area contributed by atoms with Crippen LogP contribution in [0.25, 0.3) is 0 Å². The third kappa shape index (κ3) is 3.44. The molecule has 0 N–H and O–H groups in total. The van der Waals surface area contributed by atoms with Crippen molar-refractivity contribution >= 4 is 5.82 Å². The van der Waals surface area contributed by atoms with Gasteiger partial charge >= 0.3 is 12.2 Å². The van der Waals surface area contributed by atoms with Crippen molar-refractivity contribution in [3.05, 3.63) is 29.7 Å². The van der Waals surface area contributed by atoms with Crippen LogP contribution in [0.1, 0.15) is 30.3 Å². The molecule has 1 fully saturated rings. The van der Waals surface area contributed by atoms with Gasteiger partial charge in [-0.25, -0.2) is 4.98 Å². The van der Waals surface area contributed by atoms with Crippen molar-refractivity contribution in [1.29, 1.82) is 0 Å². The van der Waals surface area contributed by atoms with Crippen molar-refractivity contribution < 1.29 is 17.9 Å². The average Bonchev–Trinajstić information content (AvgIpc) is 3.04. The van der Waals surface area contributed by atoms with E-state index < -0.39 is 11.9 Å². The number of rotatable bonds is 3. The molecule has 0 radical (unpaired) electrons. The van der Waals surface area contributed by atoms with Gasteiger partial charge < -0.3 is 9.64 Å². The molecule has 0 aromatic carbocycles. The van der Waals surface area contributed by atoms with Gasteiger partial charge in [0.2, 0.25) is 0 Å². The molecule has 0 amide bonds. The summed E-state index contributed by atoms with van der Waals surface area (Å²) in [6.07, 6.45) is -1.60. The summed E-state index contributed by atoms with van der Waals surface area (Å²) < 4.78 is 44.5. The number of aromatic nitrogens is 4. The minimum absolute atomic E-state index is 0.0396. The fourth-order valence-electron chi connectivity index (χ4n) is 2.83. The Morgan fingerprint density at radius 1 is 1.21 bits per heavy atom. The highest BCUT2D eigenvalue weighted by Gasteiger charge is 2.34. The van der Waals surface area contributed by atoms with E-state index in [1.807, 2.05) is 13.0 Å². The Morgan fingerprint density at radius 2 is 1.92 bits per heavy atom. The lowest BCUT2D eigenvalue weighted by Crippen LogP contribution is -2.35. The van der Waals surface area contributed by atoms with Gasteiger partial charge in [-0.2, -0.15) is 23.3 Å². The van der Waals surface area contributed by atoms with E-state index in [1.54, 1.807) is 0 Å². The van der Waals surface area contributed by atoms with Crippen molar-refractivity contribution in [2.75, 3.05) is 25.1 Å². The number of hydrogen-bond donors (Lipinski definition) is 0. The Kier molecular flexibility index (Phi) is 4.33. The van der Waals surface area contributed by atoms with E-state index in [1.165, 1.54) is 18.0 Å². The topological polar surface area (TPSA) is 56.1 Å². The molecule has 0 atom stereocenters. The molecule has 0 aliphatic carbocycles. The zero-order valence-electron chi connectivity index (χ0n) is 13.4. The van der Waals surface area contributed by atoms with Gasteiger partial charge in [0.15, 0.2) is 5.69 Å². The molecule has 1 saturated heterocycles. The normalized spacial score (nSPS) is 16.5. The number of hydrogen-bond acceptors (Lipinski definition) is 5. The highest BCUT2D eigenvalue weighted by molar-refractivity contribution is 5.41. The highest BCUT2D eigenvalue weighted by Crippen LogP contribution is 2.30. The molecule has 0 spiro atoms. The molecule has 1 aliphatic rings. The summed E-state index contributed by atoms with van der Waals surface area (Å²) in [6, 6.07) is 3.17. The lowest BCUT2D eigenvalue weighted by Gasteiger charge is -2.33. The summed E-state index contributed by atoms with van der Waals surface area (Å²) in [5, 5.41) is 3.67. The van der Waals surface area contributed by atoms with Crippen LogP contribution in [-0.2, 0) is 6.18 Å². The number of nitrogens with zero attached hydrogens (tertiary/aromatic N) is 5. The Labute approximate surface area is 137 Å². The second-order valence-corrected chi connectivity index (χ2v) is 5.75. The first-order valence-electron chi connectivity index (χ1n) is 7.64. The zero-order valence-corrected chi connectivity index (χ0v) is 13.4. The molecule has 0 bridgehead atoms. The quantitative estimate of drug-likeness (QED) is 0.859. The molecule has 24 heavy (non-hydrogen) atoms. The van der Waals surface area contributed by atoms with Crippen LogP contribution in [0, 0.1) is 6.92 Å². The van der Waals surface area contributed by atoms with Gasteiger partial charge in [-0.3, -0.25) is 4.68 Å². The lowest BCUT2D eigenvalue weighted by molar-refractivity contribution is -0.141. The van der Waals surface area contributed by atoms with Gasteiger partial charge in [0.25, 0.3) is 0 Å². The first-order chi connectivity index (χ1) is 11.4. The van der Waals surface area contributed by atoms with E-state index in [9.17, 15) is 13.2 Å². The van der Waals surface area contributed by atoms with Crippen LogP contribution in [0.3, 0.4) is 0 Å². The largest absolute Gasteiger partial charge is 0.467 e. The van der Waals surface area contributed by atoms with E-state index in [-0.39, 0.29) is 6.04 Å². The van der Waals surface area contributed by atoms with E-state index in [2.05, 4.69) is 20.0 Å². The molecule has 3 heterocycles. The number of ether oxygens (including phenoxy) is 1. The number of piperidine rings is 1. The second-order valence-electron chi connectivity index (χ2n) is 5.75. The average molecular weight is 341 g/mol. The summed E-state index contributed by atoms with van der Waals surface area (Å²) in [7, 11) is 1.51. The number of anilines is 1. The molecule has 2 aromatic rings. The van der Waals surface area contributed by atoms with Gasteiger partial charge in [-0.1, -0.05) is 0 Å². The van der Waals surface area contributed by atoms with Crippen LogP contribution in [0.15, 0.2) is 18.3 Å². The highest BCUT2D eigenvalue weighted by atomic mass is 19.4. The predicted octanol–water partition coefficient (Wildman–Crippen LogP) is 2.85. The molecular weight excluding hydrogens is 323 g/mol. The maximum Gasteiger partial charge on any atom is 0.435 e. The number of alkyl halides is 3. The Hall–Kier alpha value is -2.32. The minimum atomic E-state index is -4.40. The zero-order chi connectivity index (χ0) is 17.3. The lowest BCUT2D eigenvalue weighted by atomic mass is 10.1. The number of aryl methyl sites for hydroxylation is 1. The molecule has 0 unspecified atom stereocenters. The minimum Gasteiger partial charge on any atom is -0.467 e. The van der Waals surface area contributed by atoms with E-state index in [0.717, 1.165) is 17.6 Å². The summed E-state index contributed by atoms with van der Waals surface area (Å²) in [5.74, 6) is 0.772. The smallest absolute Gasteiger partial charge is 0.435 e. The molecule has 3 rings (SSSR count). The van der Waals surface area contributed by atoms with Crippen LogP contribution in [0.2, 0.25) is 0 Å². The second kappa shape index (κ2) is 6.29. The van der Waals surface area contributed by atoms with Crippen molar-refractivity contribution in [1.82, 2.24) is 19.7 Å². The molecule has 130 valence electrons. The van der Waals surface area contributed by atoms with Crippen molar-refractivity contribution in [2.45, 2.75) is 32.0 Å². The van der Waals surface area contributed by atoms with Crippen LogP contribution in [0.5, 0.6) is 6.01 Å². The molecule has 6 nitrogen and oxygen atoms in total. The van der Waals surface area contributed by atoms with E-state index in [0.29, 0.717) is 31.9 Å². The standard InChI is InChI=1S/C15H18F3N5O/c1-10-9-13(20-14(19-10)24-2)22-6-3-11(4-7-22)23-8-5-12(21-23)15(16,17)18/h5,8-9,11H,3-4,6-7H2,1-2H3. The molecule has 1 aliphatic heterocycles. The van der Waals surface area contributed by atoms with Crippen molar-refractivity contribution in [3.8, 4) is 6.01 Å². The number of halogens is 3. The maximum atomic E-state index is 12.7. The Bertz CT molecular complexity index is 707. The van der Waals surface area contributed by atoms with Gasteiger partial charge in [0, 0.05) is 31.0 Å². The van der Waals surface area contributed by atoms with Crippen LogP contribution < -0.4 is 9.64 Å². The first-order valence-corrected chi connectivity index (χ1v) is 7.64. The first kappa shape index (κ1) is 16.5. The fourth-order valence-corrected chi connectivity index (χ4v) is 2.83.